The van der Waals surface area contributed by atoms with E-state index in [4.69, 9.17) is 9.47 Å². The van der Waals surface area contributed by atoms with Gasteiger partial charge in [-0.3, -0.25) is 9.10 Å². The molecule has 0 aliphatic carbocycles. The van der Waals surface area contributed by atoms with Crippen LogP contribution in [-0.4, -0.2) is 40.3 Å². The molecular formula is C17H15F3N2O6S. The molecule has 0 unspecified atom stereocenters. The first-order valence-corrected chi connectivity index (χ1v) is 9.89. The van der Waals surface area contributed by atoms with Gasteiger partial charge in [-0.1, -0.05) is 0 Å². The van der Waals surface area contributed by atoms with E-state index in [2.05, 4.69) is 10.1 Å². The number of carbonyl (C=O) groups excluding carboxylic acids is 1. The van der Waals surface area contributed by atoms with Crippen LogP contribution in [0.25, 0.3) is 0 Å². The highest BCUT2D eigenvalue weighted by atomic mass is 32.2. The van der Waals surface area contributed by atoms with Gasteiger partial charge in [-0.25, -0.2) is 8.42 Å². The molecule has 0 spiro atoms. The number of rotatable bonds is 6. The lowest BCUT2D eigenvalue weighted by atomic mass is 10.2. The van der Waals surface area contributed by atoms with E-state index in [0.29, 0.717) is 11.5 Å². The quantitative estimate of drug-likeness (QED) is 0.755. The number of alkyl halides is 3. The van der Waals surface area contributed by atoms with Crippen molar-refractivity contribution in [2.75, 3.05) is 29.2 Å². The molecule has 0 aromatic heterocycles. The summed E-state index contributed by atoms with van der Waals surface area (Å²) in [7, 11) is -3.82. The molecule has 8 nitrogen and oxygen atoms in total. The Labute approximate surface area is 163 Å². The number of carbonyl (C=O) groups is 1. The van der Waals surface area contributed by atoms with Crippen molar-refractivity contribution in [3.63, 3.8) is 0 Å². The van der Waals surface area contributed by atoms with Crippen molar-refractivity contribution in [1.29, 1.82) is 0 Å². The van der Waals surface area contributed by atoms with Crippen molar-refractivity contribution in [2.45, 2.75) is 6.36 Å². The van der Waals surface area contributed by atoms with Crippen LogP contribution in [0.3, 0.4) is 0 Å². The van der Waals surface area contributed by atoms with Gasteiger partial charge in [-0.15, -0.1) is 13.2 Å². The van der Waals surface area contributed by atoms with Gasteiger partial charge in [0, 0.05) is 11.8 Å². The number of amides is 1. The number of ether oxygens (including phenoxy) is 3. The highest BCUT2D eigenvalue weighted by molar-refractivity contribution is 7.92. The molecule has 1 N–H and O–H groups in total. The van der Waals surface area contributed by atoms with E-state index in [-0.39, 0.29) is 18.2 Å². The van der Waals surface area contributed by atoms with Crippen molar-refractivity contribution in [3.05, 3.63) is 42.5 Å². The number of hydrogen-bond donors (Lipinski definition) is 1. The Hall–Kier alpha value is -3.15. The first kappa shape index (κ1) is 20.6. The first-order valence-electron chi connectivity index (χ1n) is 8.04. The van der Waals surface area contributed by atoms with Gasteiger partial charge in [0.2, 0.25) is 22.7 Å². The second-order valence-corrected chi connectivity index (χ2v) is 7.83. The number of fused-ring (bicyclic) bond motifs is 1. The van der Waals surface area contributed by atoms with E-state index in [1.54, 1.807) is 0 Å². The monoisotopic (exact) mass is 432 g/mol. The van der Waals surface area contributed by atoms with Crippen molar-refractivity contribution < 1.29 is 40.6 Å². The summed E-state index contributed by atoms with van der Waals surface area (Å²) in [4.78, 5) is 12.3. The molecule has 0 bridgehead atoms. The number of hydrogen-bond acceptors (Lipinski definition) is 6. The molecule has 1 amide bonds. The average Bonchev–Trinajstić information content (AvgIpc) is 3.07. The molecule has 0 saturated heterocycles. The van der Waals surface area contributed by atoms with Crippen LogP contribution in [0.15, 0.2) is 42.5 Å². The van der Waals surface area contributed by atoms with Gasteiger partial charge >= 0.3 is 6.36 Å². The third-order valence-electron chi connectivity index (χ3n) is 3.70. The minimum absolute atomic E-state index is 0.00615. The lowest BCUT2D eigenvalue weighted by Gasteiger charge is -2.22. The minimum Gasteiger partial charge on any atom is -0.454 e. The molecule has 1 aliphatic heterocycles. The van der Waals surface area contributed by atoms with Gasteiger partial charge < -0.3 is 19.5 Å². The second-order valence-electron chi connectivity index (χ2n) is 5.93. The van der Waals surface area contributed by atoms with Crippen LogP contribution in [0.2, 0.25) is 0 Å². The van der Waals surface area contributed by atoms with Crippen molar-refractivity contribution in [1.82, 2.24) is 0 Å². The summed E-state index contributed by atoms with van der Waals surface area (Å²) in [6.07, 6.45) is -3.89. The van der Waals surface area contributed by atoms with Crippen LogP contribution >= 0.6 is 0 Å². The highest BCUT2D eigenvalue weighted by Gasteiger charge is 2.31. The average molecular weight is 432 g/mol. The maximum atomic E-state index is 12.3. The lowest BCUT2D eigenvalue weighted by molar-refractivity contribution is -0.274. The smallest absolute Gasteiger partial charge is 0.454 e. The molecule has 3 rings (SSSR count). The van der Waals surface area contributed by atoms with E-state index in [0.717, 1.165) is 22.7 Å². The molecule has 1 heterocycles. The Bertz CT molecular complexity index is 1010. The maximum Gasteiger partial charge on any atom is 0.573 e. The van der Waals surface area contributed by atoms with Gasteiger partial charge in [0.05, 0.1) is 11.9 Å². The van der Waals surface area contributed by atoms with E-state index in [9.17, 15) is 26.4 Å². The third kappa shape index (κ3) is 5.44. The van der Waals surface area contributed by atoms with Gasteiger partial charge in [-0.05, 0) is 36.4 Å². The number of benzene rings is 2. The predicted octanol–water partition coefficient (Wildman–Crippen LogP) is 2.72. The number of nitrogens with zero attached hydrogens (tertiary/aromatic N) is 1. The molecule has 2 aromatic carbocycles. The minimum atomic E-state index is -4.83. The summed E-state index contributed by atoms with van der Waals surface area (Å²) < 4.78 is 75.8. The van der Waals surface area contributed by atoms with Gasteiger partial charge in [-0.2, -0.15) is 0 Å². The fourth-order valence-electron chi connectivity index (χ4n) is 2.51. The Morgan fingerprint density at radius 3 is 2.41 bits per heavy atom. The zero-order chi connectivity index (χ0) is 21.2. The standard InChI is InChI=1S/C17H15F3N2O6S/c1-29(24,25)22(12-4-7-14-15(8-12)27-10-26-14)9-16(23)21-11-2-5-13(6-3-11)28-17(18,19)20/h2-8H,9-10H2,1H3,(H,21,23). The van der Waals surface area contributed by atoms with E-state index >= 15 is 0 Å². The van der Waals surface area contributed by atoms with Crippen molar-refractivity contribution >= 4 is 27.3 Å². The molecule has 0 radical (unpaired) electrons. The van der Waals surface area contributed by atoms with Gasteiger partial charge in [0.1, 0.15) is 12.3 Å². The largest absolute Gasteiger partial charge is 0.573 e. The number of anilines is 2. The van der Waals surface area contributed by atoms with Crippen molar-refractivity contribution in [3.8, 4) is 17.2 Å². The Morgan fingerprint density at radius 2 is 1.79 bits per heavy atom. The first-order chi connectivity index (χ1) is 13.5. The fraction of sp³-hybridized carbons (Fsp3) is 0.235. The van der Waals surface area contributed by atoms with Gasteiger partial charge in [0.25, 0.3) is 0 Å². The van der Waals surface area contributed by atoms with Crippen LogP contribution in [0, 0.1) is 0 Å². The van der Waals surface area contributed by atoms with E-state index in [1.165, 1.54) is 30.3 Å². The second kappa shape index (κ2) is 7.70. The maximum absolute atomic E-state index is 12.3. The summed E-state index contributed by atoms with van der Waals surface area (Å²) >= 11 is 0. The fourth-order valence-corrected chi connectivity index (χ4v) is 3.36. The van der Waals surface area contributed by atoms with E-state index < -0.39 is 34.6 Å². The van der Waals surface area contributed by atoms with Gasteiger partial charge in [0.15, 0.2) is 11.5 Å². The lowest BCUT2D eigenvalue weighted by Crippen LogP contribution is -2.37. The molecule has 0 atom stereocenters. The Kier molecular flexibility index (Phi) is 5.46. The Balaban J connectivity index is 1.71. The molecule has 12 heteroatoms. The molecule has 29 heavy (non-hydrogen) atoms. The summed E-state index contributed by atoms with van der Waals surface area (Å²) in [5.41, 5.74) is 0.365. The molecule has 0 fully saturated rings. The molecule has 2 aromatic rings. The zero-order valence-electron chi connectivity index (χ0n) is 14.9. The highest BCUT2D eigenvalue weighted by Crippen LogP contribution is 2.36. The summed E-state index contributed by atoms with van der Waals surface area (Å²) in [5, 5.41) is 2.42. The van der Waals surface area contributed by atoms with Crippen LogP contribution in [0.1, 0.15) is 0 Å². The predicted molar refractivity (Wildman–Crippen MR) is 96.5 cm³/mol. The molecule has 0 saturated carbocycles. The van der Waals surface area contributed by atoms with Crippen LogP contribution in [0.4, 0.5) is 24.5 Å². The van der Waals surface area contributed by atoms with Crippen LogP contribution < -0.4 is 23.8 Å². The van der Waals surface area contributed by atoms with Crippen molar-refractivity contribution in [2.24, 2.45) is 0 Å². The Morgan fingerprint density at radius 1 is 1.14 bits per heavy atom. The van der Waals surface area contributed by atoms with Crippen LogP contribution in [0.5, 0.6) is 17.2 Å². The number of sulfonamides is 1. The SMILES string of the molecule is CS(=O)(=O)N(CC(=O)Nc1ccc(OC(F)(F)F)cc1)c1ccc2c(c1)OCO2. The number of nitrogens with one attached hydrogen (secondary N) is 1. The molecule has 1 aliphatic rings. The van der Waals surface area contributed by atoms with Crippen LogP contribution in [-0.2, 0) is 14.8 Å². The number of halogens is 3. The normalized spacial score (nSPS) is 13.1. The molecule has 156 valence electrons. The third-order valence-corrected chi connectivity index (χ3v) is 4.84. The summed E-state index contributed by atoms with van der Waals surface area (Å²) in [6, 6.07) is 8.86. The topological polar surface area (TPSA) is 94.2 Å². The molecular weight excluding hydrogens is 417 g/mol. The zero-order valence-corrected chi connectivity index (χ0v) is 15.7. The van der Waals surface area contributed by atoms with E-state index in [1.807, 2.05) is 0 Å². The summed E-state index contributed by atoms with van der Waals surface area (Å²) in [5.74, 6) is -0.351. The summed E-state index contributed by atoms with van der Waals surface area (Å²) in [6.45, 7) is -0.550.